The number of carbonyl (C=O) groups is 2. The molecule has 2 unspecified atom stereocenters. The van der Waals surface area contributed by atoms with Crippen LogP contribution in [-0.2, 0) is 4.79 Å². The molecule has 1 aliphatic heterocycles. The predicted molar refractivity (Wildman–Crippen MR) is 91.4 cm³/mol. The Kier molecular flexibility index (Phi) is 5.06. The van der Waals surface area contributed by atoms with E-state index in [1.54, 1.807) is 12.1 Å². The first-order chi connectivity index (χ1) is 11.1. The standard InChI is InChI=1S/C15H15BrN4O2S/c16-12-7-6-11(23-12)15(22)20-19-14(21)10-8-17-18-13(10)9-4-2-1-3-5-9/h1-7,10,13,17-18H,8H2,(H,19,21)(H,20,22). The molecular formula is C15H15BrN4O2S. The lowest BCUT2D eigenvalue weighted by atomic mass is 9.94. The maximum Gasteiger partial charge on any atom is 0.279 e. The topological polar surface area (TPSA) is 82.3 Å². The van der Waals surface area contributed by atoms with Gasteiger partial charge in [-0.1, -0.05) is 30.3 Å². The van der Waals surface area contributed by atoms with E-state index in [1.165, 1.54) is 11.3 Å². The zero-order valence-corrected chi connectivity index (χ0v) is 14.4. The van der Waals surface area contributed by atoms with Crippen molar-refractivity contribution in [2.24, 2.45) is 5.92 Å². The fraction of sp³-hybridized carbons (Fsp3) is 0.200. The van der Waals surface area contributed by atoms with Gasteiger partial charge in [0, 0.05) is 6.54 Å². The van der Waals surface area contributed by atoms with Gasteiger partial charge in [-0.3, -0.25) is 25.9 Å². The molecule has 4 N–H and O–H groups in total. The van der Waals surface area contributed by atoms with Gasteiger partial charge in [-0.05, 0) is 33.6 Å². The Morgan fingerprint density at radius 2 is 1.91 bits per heavy atom. The molecule has 2 amide bonds. The number of thiophene rings is 1. The van der Waals surface area contributed by atoms with E-state index in [2.05, 4.69) is 37.6 Å². The first-order valence-electron chi connectivity index (χ1n) is 7.04. The zero-order chi connectivity index (χ0) is 16.2. The minimum Gasteiger partial charge on any atom is -0.273 e. The van der Waals surface area contributed by atoms with Crippen molar-refractivity contribution in [1.29, 1.82) is 0 Å². The number of hydrogen-bond donors (Lipinski definition) is 4. The lowest BCUT2D eigenvalue weighted by Crippen LogP contribution is -2.46. The maximum atomic E-state index is 12.4. The third-order valence-corrected chi connectivity index (χ3v) is 5.20. The average molecular weight is 395 g/mol. The van der Waals surface area contributed by atoms with Gasteiger partial charge in [0.1, 0.15) is 0 Å². The molecule has 0 bridgehead atoms. The van der Waals surface area contributed by atoms with E-state index in [1.807, 2.05) is 30.3 Å². The summed E-state index contributed by atoms with van der Waals surface area (Å²) in [5.74, 6) is -0.877. The molecule has 1 fully saturated rings. The van der Waals surface area contributed by atoms with E-state index in [9.17, 15) is 9.59 Å². The summed E-state index contributed by atoms with van der Waals surface area (Å²) in [6.07, 6.45) is 0. The number of halogens is 1. The van der Waals surface area contributed by atoms with Gasteiger partial charge in [0.25, 0.3) is 5.91 Å². The Morgan fingerprint density at radius 3 is 2.61 bits per heavy atom. The molecule has 120 valence electrons. The highest BCUT2D eigenvalue weighted by Crippen LogP contribution is 2.25. The molecule has 23 heavy (non-hydrogen) atoms. The summed E-state index contributed by atoms with van der Waals surface area (Å²) in [6, 6.07) is 13.1. The number of hydrogen-bond acceptors (Lipinski definition) is 5. The van der Waals surface area contributed by atoms with E-state index in [0.29, 0.717) is 11.4 Å². The first-order valence-corrected chi connectivity index (χ1v) is 8.65. The van der Waals surface area contributed by atoms with Crippen LogP contribution in [0.2, 0.25) is 0 Å². The normalized spacial score (nSPS) is 20.2. The maximum absolute atomic E-state index is 12.4. The largest absolute Gasteiger partial charge is 0.279 e. The van der Waals surface area contributed by atoms with Crippen molar-refractivity contribution >= 4 is 39.1 Å². The van der Waals surface area contributed by atoms with Crippen LogP contribution in [0, 0.1) is 5.92 Å². The van der Waals surface area contributed by atoms with Crippen molar-refractivity contribution in [3.05, 3.63) is 56.7 Å². The van der Waals surface area contributed by atoms with Crippen molar-refractivity contribution in [1.82, 2.24) is 21.7 Å². The number of rotatable bonds is 3. The second-order valence-corrected chi connectivity index (χ2v) is 7.53. The van der Waals surface area contributed by atoms with Crippen molar-refractivity contribution in [3.63, 3.8) is 0 Å². The van der Waals surface area contributed by atoms with Gasteiger partial charge in [0.2, 0.25) is 5.91 Å². The molecular weight excluding hydrogens is 380 g/mol. The fourth-order valence-electron chi connectivity index (χ4n) is 2.43. The van der Waals surface area contributed by atoms with Gasteiger partial charge in [0.05, 0.1) is 20.6 Å². The number of nitrogens with one attached hydrogen (secondary N) is 4. The first kappa shape index (κ1) is 16.1. The number of carbonyl (C=O) groups excluding carboxylic acids is 2. The molecule has 1 saturated heterocycles. The molecule has 2 heterocycles. The summed E-state index contributed by atoms with van der Waals surface area (Å²) in [4.78, 5) is 24.8. The van der Waals surface area contributed by atoms with E-state index < -0.39 is 0 Å². The van der Waals surface area contributed by atoms with Crippen LogP contribution in [0.5, 0.6) is 0 Å². The Bertz CT molecular complexity index is 707. The third-order valence-electron chi connectivity index (χ3n) is 3.57. The molecule has 1 aromatic heterocycles. The summed E-state index contributed by atoms with van der Waals surface area (Å²) in [6.45, 7) is 0.492. The van der Waals surface area contributed by atoms with Crippen molar-refractivity contribution in [2.45, 2.75) is 6.04 Å². The molecule has 2 atom stereocenters. The van der Waals surface area contributed by atoms with Gasteiger partial charge in [-0.15, -0.1) is 11.3 Å². The Morgan fingerprint density at radius 1 is 1.13 bits per heavy atom. The second kappa shape index (κ2) is 7.22. The molecule has 1 aliphatic rings. The van der Waals surface area contributed by atoms with Crippen molar-refractivity contribution in [3.8, 4) is 0 Å². The zero-order valence-electron chi connectivity index (χ0n) is 12.0. The van der Waals surface area contributed by atoms with Crippen LogP contribution in [0.3, 0.4) is 0 Å². The molecule has 0 aliphatic carbocycles. The van der Waals surface area contributed by atoms with E-state index in [0.717, 1.165) is 9.35 Å². The number of amides is 2. The Balaban J connectivity index is 1.60. The Labute approximate surface area is 145 Å². The summed E-state index contributed by atoms with van der Waals surface area (Å²) >= 11 is 4.61. The van der Waals surface area contributed by atoms with Gasteiger partial charge in [0.15, 0.2) is 0 Å². The molecule has 0 saturated carbocycles. The highest BCUT2D eigenvalue weighted by atomic mass is 79.9. The summed E-state index contributed by atoms with van der Waals surface area (Å²) in [7, 11) is 0. The molecule has 0 radical (unpaired) electrons. The highest BCUT2D eigenvalue weighted by molar-refractivity contribution is 9.11. The van der Waals surface area contributed by atoms with Gasteiger partial charge in [-0.2, -0.15) is 0 Å². The summed E-state index contributed by atoms with van der Waals surface area (Å²) in [5, 5.41) is 0. The minimum absolute atomic E-state index is 0.135. The number of hydrazine groups is 2. The van der Waals surface area contributed by atoms with Gasteiger partial charge >= 0.3 is 0 Å². The molecule has 6 nitrogen and oxygen atoms in total. The lowest BCUT2D eigenvalue weighted by molar-refractivity contribution is -0.125. The molecule has 2 aromatic rings. The van der Waals surface area contributed by atoms with E-state index >= 15 is 0 Å². The van der Waals surface area contributed by atoms with Gasteiger partial charge in [-0.25, -0.2) is 5.43 Å². The second-order valence-electron chi connectivity index (χ2n) is 5.07. The van der Waals surface area contributed by atoms with Crippen LogP contribution in [0.4, 0.5) is 0 Å². The fourth-order valence-corrected chi connectivity index (χ4v) is 3.71. The SMILES string of the molecule is O=C(NNC(=O)C1CNNC1c1ccccc1)c1ccc(Br)s1. The van der Waals surface area contributed by atoms with E-state index in [-0.39, 0.29) is 23.8 Å². The van der Waals surface area contributed by atoms with Crippen LogP contribution < -0.4 is 21.7 Å². The number of benzene rings is 1. The molecule has 8 heteroatoms. The molecule has 3 rings (SSSR count). The van der Waals surface area contributed by atoms with Crippen LogP contribution in [-0.4, -0.2) is 18.4 Å². The van der Waals surface area contributed by atoms with Crippen LogP contribution in [0.15, 0.2) is 46.3 Å². The van der Waals surface area contributed by atoms with Crippen molar-refractivity contribution < 1.29 is 9.59 Å². The highest BCUT2D eigenvalue weighted by Gasteiger charge is 2.34. The monoisotopic (exact) mass is 394 g/mol. The quantitative estimate of drug-likeness (QED) is 0.597. The smallest absolute Gasteiger partial charge is 0.273 e. The van der Waals surface area contributed by atoms with Crippen molar-refractivity contribution in [2.75, 3.05) is 6.54 Å². The Hall–Kier alpha value is -1.74. The average Bonchev–Trinajstić information content (AvgIpc) is 3.22. The van der Waals surface area contributed by atoms with E-state index in [4.69, 9.17) is 0 Å². The van der Waals surface area contributed by atoms with Crippen LogP contribution in [0.25, 0.3) is 0 Å². The van der Waals surface area contributed by atoms with Gasteiger partial charge < -0.3 is 0 Å². The lowest BCUT2D eigenvalue weighted by Gasteiger charge is -2.18. The molecule has 1 aromatic carbocycles. The third kappa shape index (κ3) is 3.78. The summed E-state index contributed by atoms with van der Waals surface area (Å²) in [5.41, 5.74) is 12.1. The summed E-state index contributed by atoms with van der Waals surface area (Å²) < 4.78 is 0.863. The minimum atomic E-state index is -0.329. The van der Waals surface area contributed by atoms with Crippen LogP contribution in [0.1, 0.15) is 21.3 Å². The van der Waals surface area contributed by atoms with Crippen LogP contribution >= 0.6 is 27.3 Å². The predicted octanol–water partition coefficient (Wildman–Crippen LogP) is 1.74. The molecule has 0 spiro atoms.